The van der Waals surface area contributed by atoms with E-state index in [1.165, 1.54) is 0 Å². The maximum atomic E-state index is 13.1. The summed E-state index contributed by atoms with van der Waals surface area (Å²) in [5.41, 5.74) is 2.94. The normalized spacial score (nSPS) is 18.5. The first kappa shape index (κ1) is 20.0. The molecule has 164 valence electrons. The Balaban J connectivity index is 1.28. The Morgan fingerprint density at radius 1 is 1.19 bits per heavy atom. The van der Waals surface area contributed by atoms with E-state index >= 15 is 0 Å². The Labute approximate surface area is 180 Å². The molecule has 3 aromatic rings. The number of likely N-dealkylation sites (tertiary alicyclic amines) is 1. The molecule has 3 aromatic heterocycles. The maximum absolute atomic E-state index is 13.1. The first-order chi connectivity index (χ1) is 14.9. The number of aryl methyl sites for hydroxylation is 2. The van der Waals surface area contributed by atoms with Gasteiger partial charge in [-0.15, -0.1) is 0 Å². The smallest absolute Gasteiger partial charge is 0.276 e. The molecule has 5 rings (SSSR count). The van der Waals surface area contributed by atoms with E-state index in [2.05, 4.69) is 27.3 Å². The molecule has 2 aliphatic rings. The number of carbonyl (C=O) groups excluding carboxylic acids is 1. The number of hydrogen-bond acceptors (Lipinski definition) is 7. The molecule has 31 heavy (non-hydrogen) atoms. The summed E-state index contributed by atoms with van der Waals surface area (Å²) in [6, 6.07) is 1.73. The van der Waals surface area contributed by atoms with Crippen LogP contribution in [0.4, 0.5) is 0 Å². The third kappa shape index (κ3) is 3.45. The highest BCUT2D eigenvalue weighted by Gasteiger charge is 2.39. The van der Waals surface area contributed by atoms with Crippen LogP contribution in [0.25, 0.3) is 11.3 Å². The van der Waals surface area contributed by atoms with Gasteiger partial charge in [0.05, 0.1) is 11.3 Å². The van der Waals surface area contributed by atoms with Gasteiger partial charge in [0.1, 0.15) is 0 Å². The lowest BCUT2D eigenvalue weighted by Crippen LogP contribution is -2.44. The van der Waals surface area contributed by atoms with Gasteiger partial charge in [0.25, 0.3) is 5.91 Å². The van der Waals surface area contributed by atoms with Gasteiger partial charge in [0.15, 0.2) is 17.3 Å². The first-order valence-electron chi connectivity index (χ1n) is 11.0. The number of carbonyl (C=O) groups is 1. The SMILES string of the molecule is CCn1nc(C)c(-c2cc(C(=O)N3CCC(C)(c4noc(C5CC5)n4)CC3)no2)c1C. The fourth-order valence-electron chi connectivity index (χ4n) is 4.42. The van der Waals surface area contributed by atoms with Crippen molar-refractivity contribution in [3.05, 3.63) is 34.9 Å². The van der Waals surface area contributed by atoms with E-state index in [4.69, 9.17) is 9.05 Å². The molecule has 0 unspecified atom stereocenters. The Hall–Kier alpha value is -2.97. The summed E-state index contributed by atoms with van der Waals surface area (Å²) in [4.78, 5) is 19.5. The van der Waals surface area contributed by atoms with Gasteiger partial charge in [0.2, 0.25) is 5.89 Å². The molecule has 0 aromatic carbocycles. The summed E-state index contributed by atoms with van der Waals surface area (Å²) in [5, 5.41) is 12.8. The number of amides is 1. The molecular formula is C22H28N6O3. The maximum Gasteiger partial charge on any atom is 0.276 e. The van der Waals surface area contributed by atoms with E-state index in [-0.39, 0.29) is 11.3 Å². The third-order valence-corrected chi connectivity index (χ3v) is 6.72. The highest BCUT2D eigenvalue weighted by atomic mass is 16.5. The van der Waals surface area contributed by atoms with Crippen molar-refractivity contribution in [2.45, 2.75) is 71.3 Å². The predicted octanol–water partition coefficient (Wildman–Crippen LogP) is 3.63. The fourth-order valence-corrected chi connectivity index (χ4v) is 4.42. The number of hydrogen-bond donors (Lipinski definition) is 0. The van der Waals surface area contributed by atoms with Crippen LogP contribution in [0.2, 0.25) is 0 Å². The molecule has 0 spiro atoms. The lowest BCUT2D eigenvalue weighted by Gasteiger charge is -2.36. The molecule has 9 nitrogen and oxygen atoms in total. The first-order valence-corrected chi connectivity index (χ1v) is 11.0. The largest absolute Gasteiger partial charge is 0.355 e. The molecule has 1 saturated heterocycles. The lowest BCUT2D eigenvalue weighted by atomic mass is 9.79. The Morgan fingerprint density at radius 3 is 2.58 bits per heavy atom. The third-order valence-electron chi connectivity index (χ3n) is 6.72. The quantitative estimate of drug-likeness (QED) is 0.616. The molecule has 0 bridgehead atoms. The number of nitrogens with zero attached hydrogens (tertiary/aromatic N) is 6. The zero-order valence-corrected chi connectivity index (χ0v) is 18.5. The summed E-state index contributed by atoms with van der Waals surface area (Å²) < 4.78 is 12.9. The van der Waals surface area contributed by atoms with Crippen LogP contribution in [0.5, 0.6) is 0 Å². The van der Waals surface area contributed by atoms with Crippen LogP contribution in [0.3, 0.4) is 0 Å². The van der Waals surface area contributed by atoms with Gasteiger partial charge in [-0.2, -0.15) is 10.1 Å². The van der Waals surface area contributed by atoms with Gasteiger partial charge in [0, 0.05) is 42.7 Å². The molecule has 1 aliphatic heterocycles. The van der Waals surface area contributed by atoms with E-state index in [1.54, 1.807) is 6.07 Å². The van der Waals surface area contributed by atoms with Gasteiger partial charge >= 0.3 is 0 Å². The van der Waals surface area contributed by atoms with E-state index in [0.717, 1.165) is 60.9 Å². The van der Waals surface area contributed by atoms with Gasteiger partial charge in [-0.1, -0.05) is 17.2 Å². The van der Waals surface area contributed by atoms with E-state index in [0.29, 0.717) is 30.5 Å². The molecule has 2 fully saturated rings. The van der Waals surface area contributed by atoms with Gasteiger partial charge < -0.3 is 13.9 Å². The van der Waals surface area contributed by atoms with Gasteiger partial charge in [-0.05, 0) is 46.5 Å². The van der Waals surface area contributed by atoms with Crippen molar-refractivity contribution in [3.63, 3.8) is 0 Å². The van der Waals surface area contributed by atoms with Gasteiger partial charge in [-0.25, -0.2) is 0 Å². The summed E-state index contributed by atoms with van der Waals surface area (Å²) in [7, 11) is 0. The summed E-state index contributed by atoms with van der Waals surface area (Å²) >= 11 is 0. The van der Waals surface area contributed by atoms with Crippen LogP contribution < -0.4 is 0 Å². The zero-order valence-electron chi connectivity index (χ0n) is 18.5. The van der Waals surface area contributed by atoms with E-state index in [1.807, 2.05) is 30.4 Å². The standard InChI is InChI=1S/C22H28N6O3/c1-5-28-14(3)18(13(2)24-28)17-12-16(25-30-17)20(29)27-10-8-22(4,9-11-27)21-23-19(31-26-21)15-6-7-15/h12,15H,5-11H2,1-4H3. The Kier molecular flexibility index (Phi) is 4.71. The van der Waals surface area contributed by atoms with E-state index < -0.39 is 0 Å². The number of rotatable bonds is 5. The number of aromatic nitrogens is 5. The summed E-state index contributed by atoms with van der Waals surface area (Å²) in [6.07, 6.45) is 3.85. The highest BCUT2D eigenvalue weighted by molar-refractivity contribution is 5.93. The highest BCUT2D eigenvalue weighted by Crippen LogP contribution is 2.41. The minimum absolute atomic E-state index is 0.109. The van der Waals surface area contributed by atoms with Gasteiger partial charge in [-0.3, -0.25) is 9.48 Å². The Bertz CT molecular complexity index is 1110. The fraction of sp³-hybridized carbons (Fsp3) is 0.591. The van der Waals surface area contributed by atoms with Crippen LogP contribution in [-0.4, -0.2) is 49.0 Å². The van der Waals surface area contributed by atoms with Crippen molar-refractivity contribution in [2.24, 2.45) is 0 Å². The minimum Gasteiger partial charge on any atom is -0.355 e. The minimum atomic E-state index is -0.175. The molecule has 0 atom stereocenters. The molecule has 1 amide bonds. The average Bonchev–Trinajstić information content (AvgIpc) is 3.17. The predicted molar refractivity (Wildman–Crippen MR) is 112 cm³/mol. The molecular weight excluding hydrogens is 396 g/mol. The molecule has 0 N–H and O–H groups in total. The van der Waals surface area contributed by atoms with Crippen molar-refractivity contribution in [3.8, 4) is 11.3 Å². The second-order valence-corrected chi connectivity index (χ2v) is 9.02. The van der Waals surface area contributed by atoms with Crippen molar-refractivity contribution < 1.29 is 13.8 Å². The van der Waals surface area contributed by atoms with Crippen LogP contribution in [0.15, 0.2) is 15.1 Å². The second kappa shape index (κ2) is 7.32. The van der Waals surface area contributed by atoms with Crippen molar-refractivity contribution in [1.82, 2.24) is 30.0 Å². The van der Waals surface area contributed by atoms with Crippen LogP contribution in [0.1, 0.15) is 79.0 Å². The monoisotopic (exact) mass is 424 g/mol. The van der Waals surface area contributed by atoms with Crippen molar-refractivity contribution in [2.75, 3.05) is 13.1 Å². The molecule has 1 aliphatic carbocycles. The van der Waals surface area contributed by atoms with Crippen LogP contribution in [-0.2, 0) is 12.0 Å². The molecule has 1 saturated carbocycles. The Morgan fingerprint density at radius 2 is 1.94 bits per heavy atom. The molecule has 4 heterocycles. The average molecular weight is 425 g/mol. The summed E-state index contributed by atoms with van der Waals surface area (Å²) in [6.45, 7) is 10.2. The topological polar surface area (TPSA) is 103 Å². The summed E-state index contributed by atoms with van der Waals surface area (Å²) in [5.74, 6) is 2.46. The van der Waals surface area contributed by atoms with Crippen molar-refractivity contribution in [1.29, 1.82) is 0 Å². The van der Waals surface area contributed by atoms with Crippen LogP contribution >= 0.6 is 0 Å². The lowest BCUT2D eigenvalue weighted by molar-refractivity contribution is 0.0659. The van der Waals surface area contributed by atoms with Crippen LogP contribution in [0, 0.1) is 13.8 Å². The van der Waals surface area contributed by atoms with Crippen molar-refractivity contribution >= 4 is 5.91 Å². The molecule has 9 heteroatoms. The van der Waals surface area contributed by atoms with E-state index in [9.17, 15) is 4.79 Å². The zero-order chi connectivity index (χ0) is 21.8. The molecule has 0 radical (unpaired) electrons. The number of piperidine rings is 1. The second-order valence-electron chi connectivity index (χ2n) is 9.02.